The first kappa shape index (κ1) is 10.2. The smallest absolute Gasteiger partial charge is 0.235 e. The summed E-state index contributed by atoms with van der Waals surface area (Å²) in [5, 5.41) is 2.62. The Morgan fingerprint density at radius 2 is 2.36 bits per heavy atom. The van der Waals surface area contributed by atoms with Crippen molar-refractivity contribution in [2.24, 2.45) is 0 Å². The molecule has 1 amide bonds. The van der Waals surface area contributed by atoms with Gasteiger partial charge in [-0.25, -0.2) is 0 Å². The minimum Gasteiger partial charge on any atom is -0.351 e. The van der Waals surface area contributed by atoms with Gasteiger partial charge in [0, 0.05) is 6.54 Å². The van der Waals surface area contributed by atoms with E-state index in [0.29, 0.717) is 6.54 Å². The third-order valence-corrected chi connectivity index (χ3v) is 1.49. The topological polar surface area (TPSA) is 29.1 Å². The molecule has 0 saturated heterocycles. The Balaban J connectivity index is 3.69. The molecular weight excluding hydrogens is 162 g/mol. The van der Waals surface area contributed by atoms with Crippen LogP contribution in [0.1, 0.15) is 6.92 Å². The summed E-state index contributed by atoms with van der Waals surface area (Å²) in [4.78, 5) is 10.6. The van der Waals surface area contributed by atoms with Gasteiger partial charge in [-0.2, -0.15) is 0 Å². The second-order valence-corrected chi connectivity index (χ2v) is 2.25. The third kappa shape index (κ3) is 4.62. The highest BCUT2D eigenvalue weighted by Gasteiger charge is 1.96. The van der Waals surface area contributed by atoms with Gasteiger partial charge in [0.1, 0.15) is 5.88 Å². The summed E-state index contributed by atoms with van der Waals surface area (Å²) in [6.07, 6.45) is 3.59. The number of nitrogens with one attached hydrogen (secondary N) is 1. The van der Waals surface area contributed by atoms with E-state index in [1.807, 2.05) is 13.0 Å². The number of carbonyl (C=O) groups is 1. The molecule has 0 bridgehead atoms. The number of rotatable bonds is 4. The molecule has 0 radical (unpaired) electrons. The average Bonchev–Trinajstić information content (AvgIpc) is 2.06. The third-order valence-electron chi connectivity index (χ3n) is 1.24. The van der Waals surface area contributed by atoms with Crippen LogP contribution >= 0.6 is 11.6 Å². The van der Waals surface area contributed by atoms with Crippen LogP contribution in [0.2, 0.25) is 0 Å². The minimum atomic E-state index is -0.159. The SMILES string of the molecule is C=C/C(=C\C)CNC(=O)CCl. The van der Waals surface area contributed by atoms with Crippen LogP contribution in [0.3, 0.4) is 0 Å². The largest absolute Gasteiger partial charge is 0.351 e. The van der Waals surface area contributed by atoms with Crippen molar-refractivity contribution in [3.63, 3.8) is 0 Å². The molecule has 0 saturated carbocycles. The maximum atomic E-state index is 10.6. The Labute approximate surface area is 71.9 Å². The zero-order chi connectivity index (χ0) is 8.69. The molecule has 0 aliphatic carbocycles. The van der Waals surface area contributed by atoms with Crippen molar-refractivity contribution in [3.05, 3.63) is 24.3 Å². The summed E-state index contributed by atoms with van der Waals surface area (Å²) in [6.45, 7) is 5.98. The van der Waals surface area contributed by atoms with E-state index in [9.17, 15) is 4.79 Å². The highest BCUT2D eigenvalue weighted by atomic mass is 35.5. The van der Waals surface area contributed by atoms with Gasteiger partial charge in [0.2, 0.25) is 5.91 Å². The van der Waals surface area contributed by atoms with E-state index >= 15 is 0 Å². The van der Waals surface area contributed by atoms with Crippen LogP contribution in [0.5, 0.6) is 0 Å². The molecule has 0 unspecified atom stereocenters. The maximum Gasteiger partial charge on any atom is 0.235 e. The van der Waals surface area contributed by atoms with Crippen molar-refractivity contribution in [2.75, 3.05) is 12.4 Å². The minimum absolute atomic E-state index is 0.00807. The number of allylic oxidation sites excluding steroid dienone is 1. The summed E-state index contributed by atoms with van der Waals surface area (Å²) >= 11 is 5.26. The second kappa shape index (κ2) is 5.98. The lowest BCUT2D eigenvalue weighted by Gasteiger charge is -2.01. The van der Waals surface area contributed by atoms with Gasteiger partial charge >= 0.3 is 0 Å². The Kier molecular flexibility index (Phi) is 5.57. The summed E-state index contributed by atoms with van der Waals surface area (Å²) in [5.74, 6) is -0.151. The fraction of sp³-hybridized carbons (Fsp3) is 0.375. The average molecular weight is 174 g/mol. The van der Waals surface area contributed by atoms with Crippen LogP contribution < -0.4 is 5.32 Å². The van der Waals surface area contributed by atoms with Crippen LogP contribution in [0, 0.1) is 0 Å². The molecule has 0 rings (SSSR count). The summed E-state index contributed by atoms with van der Waals surface area (Å²) in [7, 11) is 0. The van der Waals surface area contributed by atoms with Gasteiger partial charge in [-0.1, -0.05) is 18.7 Å². The van der Waals surface area contributed by atoms with Gasteiger partial charge in [0.15, 0.2) is 0 Å². The van der Waals surface area contributed by atoms with E-state index < -0.39 is 0 Å². The standard InChI is InChI=1S/C8H12ClNO/c1-3-7(4-2)6-10-8(11)5-9/h3-4H,1,5-6H2,2H3,(H,10,11)/b7-4+. The van der Waals surface area contributed by atoms with E-state index in [1.54, 1.807) is 6.08 Å². The van der Waals surface area contributed by atoms with Crippen LogP contribution in [-0.2, 0) is 4.79 Å². The monoisotopic (exact) mass is 173 g/mol. The molecule has 0 spiro atoms. The van der Waals surface area contributed by atoms with Gasteiger partial charge < -0.3 is 5.32 Å². The molecular formula is C8H12ClNO. The van der Waals surface area contributed by atoms with Crippen molar-refractivity contribution in [1.82, 2.24) is 5.32 Å². The molecule has 0 aromatic rings. The molecule has 0 fully saturated rings. The molecule has 11 heavy (non-hydrogen) atoms. The van der Waals surface area contributed by atoms with E-state index in [-0.39, 0.29) is 11.8 Å². The summed E-state index contributed by atoms with van der Waals surface area (Å²) in [5.41, 5.74) is 0.989. The van der Waals surface area contributed by atoms with Gasteiger partial charge in [-0.15, -0.1) is 11.6 Å². The van der Waals surface area contributed by atoms with Gasteiger partial charge in [-0.3, -0.25) is 4.79 Å². The van der Waals surface area contributed by atoms with Crippen LogP contribution in [0.25, 0.3) is 0 Å². The Hall–Kier alpha value is -0.760. The number of alkyl halides is 1. The first-order valence-corrected chi connectivity index (χ1v) is 3.88. The fourth-order valence-electron chi connectivity index (χ4n) is 0.540. The lowest BCUT2D eigenvalue weighted by molar-refractivity contribution is -0.118. The quantitative estimate of drug-likeness (QED) is 0.507. The summed E-state index contributed by atoms with van der Waals surface area (Å²) in [6, 6.07) is 0. The van der Waals surface area contributed by atoms with Gasteiger partial charge in [0.05, 0.1) is 0 Å². The zero-order valence-electron chi connectivity index (χ0n) is 6.56. The predicted octanol–water partition coefficient (Wildman–Crippen LogP) is 1.47. The molecule has 0 atom stereocenters. The number of hydrogen-bond donors (Lipinski definition) is 1. The molecule has 0 aromatic heterocycles. The van der Waals surface area contributed by atoms with Crippen molar-refractivity contribution in [2.45, 2.75) is 6.92 Å². The number of carbonyl (C=O) groups excluding carboxylic acids is 1. The Morgan fingerprint density at radius 3 is 2.73 bits per heavy atom. The molecule has 0 aliphatic heterocycles. The molecule has 0 aliphatic rings. The second-order valence-electron chi connectivity index (χ2n) is 1.98. The molecule has 3 heteroatoms. The molecule has 0 heterocycles. The number of halogens is 1. The van der Waals surface area contributed by atoms with Crippen molar-refractivity contribution < 1.29 is 4.79 Å². The van der Waals surface area contributed by atoms with Crippen molar-refractivity contribution >= 4 is 17.5 Å². The van der Waals surface area contributed by atoms with Crippen LogP contribution in [0.15, 0.2) is 24.3 Å². The maximum absolute atomic E-state index is 10.6. The lowest BCUT2D eigenvalue weighted by atomic mass is 10.2. The summed E-state index contributed by atoms with van der Waals surface area (Å²) < 4.78 is 0. The van der Waals surface area contributed by atoms with E-state index in [2.05, 4.69) is 11.9 Å². The number of hydrogen-bond acceptors (Lipinski definition) is 1. The number of amides is 1. The van der Waals surface area contributed by atoms with Crippen molar-refractivity contribution in [3.8, 4) is 0 Å². The molecule has 2 nitrogen and oxygen atoms in total. The van der Waals surface area contributed by atoms with Gasteiger partial charge in [0.25, 0.3) is 0 Å². The van der Waals surface area contributed by atoms with Crippen LogP contribution in [0.4, 0.5) is 0 Å². The van der Waals surface area contributed by atoms with E-state index in [0.717, 1.165) is 5.57 Å². The first-order valence-electron chi connectivity index (χ1n) is 3.34. The Morgan fingerprint density at radius 1 is 1.73 bits per heavy atom. The van der Waals surface area contributed by atoms with Gasteiger partial charge in [-0.05, 0) is 12.5 Å². The Bertz CT molecular complexity index is 175. The predicted molar refractivity (Wildman–Crippen MR) is 47.7 cm³/mol. The van der Waals surface area contributed by atoms with Crippen LogP contribution in [-0.4, -0.2) is 18.3 Å². The fourth-order valence-corrected chi connectivity index (χ4v) is 0.634. The molecule has 1 N–H and O–H groups in total. The lowest BCUT2D eigenvalue weighted by Crippen LogP contribution is -2.26. The van der Waals surface area contributed by atoms with Crippen molar-refractivity contribution in [1.29, 1.82) is 0 Å². The van der Waals surface area contributed by atoms with E-state index in [1.165, 1.54) is 0 Å². The first-order chi connectivity index (χ1) is 5.24. The highest BCUT2D eigenvalue weighted by Crippen LogP contribution is 1.91. The zero-order valence-corrected chi connectivity index (χ0v) is 7.32. The highest BCUT2D eigenvalue weighted by molar-refractivity contribution is 6.27. The normalized spacial score (nSPS) is 10.9. The van der Waals surface area contributed by atoms with E-state index in [4.69, 9.17) is 11.6 Å². The molecule has 0 aromatic carbocycles. The molecule has 62 valence electrons.